The van der Waals surface area contributed by atoms with E-state index in [1.165, 1.54) is 6.07 Å². The smallest absolute Gasteiger partial charge is 0.363 e. The van der Waals surface area contributed by atoms with Crippen molar-refractivity contribution in [3.63, 3.8) is 0 Å². The zero-order valence-corrected chi connectivity index (χ0v) is 11.7. The number of hydrogen-bond acceptors (Lipinski definition) is 2. The number of alkyl halides is 4. The van der Waals surface area contributed by atoms with Gasteiger partial charge in [0, 0.05) is 18.4 Å². The van der Waals surface area contributed by atoms with E-state index in [1.54, 1.807) is 6.92 Å². The first kappa shape index (κ1) is 16.3. The zero-order valence-electron chi connectivity index (χ0n) is 10.2. The Bertz CT molecular complexity index is 513. The van der Waals surface area contributed by atoms with Crippen LogP contribution in [-0.4, -0.2) is 37.0 Å². The number of halogens is 4. The van der Waals surface area contributed by atoms with E-state index in [2.05, 4.69) is 4.98 Å². The highest BCUT2D eigenvalue weighted by atomic mass is 35.5. The molecule has 0 saturated heterocycles. The summed E-state index contributed by atoms with van der Waals surface area (Å²) >= 11 is 5.52. The largest absolute Gasteiger partial charge is 0.402 e. The number of sulfonamides is 1. The van der Waals surface area contributed by atoms with Gasteiger partial charge in [0.1, 0.15) is 6.54 Å². The molecule has 0 spiro atoms. The van der Waals surface area contributed by atoms with Crippen molar-refractivity contribution in [2.75, 3.05) is 13.1 Å². The van der Waals surface area contributed by atoms with E-state index in [4.69, 9.17) is 11.6 Å². The maximum Gasteiger partial charge on any atom is 0.402 e. The molecule has 0 fully saturated rings. The highest BCUT2D eigenvalue weighted by Crippen LogP contribution is 2.23. The predicted molar refractivity (Wildman–Crippen MR) is 65.5 cm³/mol. The second-order valence-corrected chi connectivity index (χ2v) is 6.15. The monoisotopic (exact) mass is 318 g/mol. The number of aromatic amines is 1. The number of nitrogens with one attached hydrogen (secondary N) is 1. The molecule has 0 saturated carbocycles. The van der Waals surface area contributed by atoms with Crippen LogP contribution in [0.5, 0.6) is 0 Å². The first-order chi connectivity index (χ1) is 8.70. The summed E-state index contributed by atoms with van der Waals surface area (Å²) in [7, 11) is -4.16. The normalized spacial score (nSPS) is 13.2. The Kier molecular flexibility index (Phi) is 5.28. The molecule has 0 aliphatic carbocycles. The second kappa shape index (κ2) is 6.15. The predicted octanol–water partition coefficient (Wildman–Crippen LogP) is 2.72. The molecule has 0 aromatic carbocycles. The van der Waals surface area contributed by atoms with Crippen molar-refractivity contribution in [1.29, 1.82) is 0 Å². The molecule has 0 atom stereocenters. The number of nitrogens with zero attached hydrogens (tertiary/aromatic N) is 1. The molecule has 0 bridgehead atoms. The molecule has 1 aromatic rings. The van der Waals surface area contributed by atoms with Crippen LogP contribution in [0.2, 0.25) is 0 Å². The molecule has 0 aliphatic rings. The molecular weight excluding hydrogens is 305 g/mol. The summed E-state index contributed by atoms with van der Waals surface area (Å²) in [5, 5.41) is 0. The van der Waals surface area contributed by atoms with Gasteiger partial charge in [-0.1, -0.05) is 6.92 Å². The van der Waals surface area contributed by atoms with E-state index in [0.29, 0.717) is 16.4 Å². The third-order valence-corrected chi connectivity index (χ3v) is 4.44. The summed E-state index contributed by atoms with van der Waals surface area (Å²) in [4.78, 5) is 2.39. The molecule has 0 radical (unpaired) electrons. The summed E-state index contributed by atoms with van der Waals surface area (Å²) in [6, 6.07) is 1.24. The van der Waals surface area contributed by atoms with Crippen molar-refractivity contribution in [2.45, 2.75) is 30.3 Å². The molecule has 0 aliphatic heterocycles. The maximum absolute atomic E-state index is 12.4. The van der Waals surface area contributed by atoms with Crippen LogP contribution in [0.1, 0.15) is 19.0 Å². The Morgan fingerprint density at radius 2 is 2.05 bits per heavy atom. The summed E-state index contributed by atoms with van der Waals surface area (Å²) in [6.45, 7) is -0.0754. The van der Waals surface area contributed by atoms with Crippen LogP contribution in [0.15, 0.2) is 17.2 Å². The summed E-state index contributed by atoms with van der Waals surface area (Å²) in [6.07, 6.45) is -3.14. The zero-order chi connectivity index (χ0) is 14.7. The van der Waals surface area contributed by atoms with E-state index in [0.717, 1.165) is 6.20 Å². The number of H-pyrrole nitrogens is 1. The SMILES string of the molecule is CCCN(CC(F)(F)F)S(=O)(=O)c1c[nH]c(CCl)c1. The van der Waals surface area contributed by atoms with Gasteiger partial charge < -0.3 is 4.98 Å². The quantitative estimate of drug-likeness (QED) is 0.820. The first-order valence-electron chi connectivity index (χ1n) is 5.51. The van der Waals surface area contributed by atoms with Gasteiger partial charge in [0.2, 0.25) is 10.0 Å². The fraction of sp³-hybridized carbons (Fsp3) is 0.600. The van der Waals surface area contributed by atoms with Gasteiger partial charge >= 0.3 is 6.18 Å². The third-order valence-electron chi connectivity index (χ3n) is 2.33. The minimum Gasteiger partial charge on any atom is -0.363 e. The minimum atomic E-state index is -4.58. The van der Waals surface area contributed by atoms with Crippen molar-refractivity contribution >= 4 is 21.6 Å². The Hall–Kier alpha value is -0.730. The lowest BCUT2D eigenvalue weighted by Gasteiger charge is -2.22. The van der Waals surface area contributed by atoms with E-state index < -0.39 is 22.7 Å². The van der Waals surface area contributed by atoms with Crippen LogP contribution in [0.3, 0.4) is 0 Å². The highest BCUT2D eigenvalue weighted by Gasteiger charge is 2.36. The third kappa shape index (κ3) is 4.39. The average Bonchev–Trinajstić information content (AvgIpc) is 2.75. The van der Waals surface area contributed by atoms with Gasteiger partial charge in [0.25, 0.3) is 0 Å². The molecule has 19 heavy (non-hydrogen) atoms. The number of aromatic nitrogens is 1. The Morgan fingerprint density at radius 3 is 2.47 bits per heavy atom. The minimum absolute atomic E-state index is 0.0581. The van der Waals surface area contributed by atoms with E-state index in [-0.39, 0.29) is 17.3 Å². The van der Waals surface area contributed by atoms with Gasteiger partial charge in [-0.05, 0) is 12.5 Å². The molecule has 1 rings (SSSR count). The van der Waals surface area contributed by atoms with Gasteiger partial charge in [-0.25, -0.2) is 8.42 Å². The topological polar surface area (TPSA) is 53.2 Å². The van der Waals surface area contributed by atoms with Gasteiger partial charge in [-0.3, -0.25) is 0 Å². The summed E-state index contributed by atoms with van der Waals surface area (Å²) < 4.78 is 61.8. The van der Waals surface area contributed by atoms with E-state index >= 15 is 0 Å². The van der Waals surface area contributed by atoms with Crippen molar-refractivity contribution in [3.05, 3.63) is 18.0 Å². The number of rotatable bonds is 6. The Balaban J connectivity index is 3.05. The van der Waals surface area contributed by atoms with Gasteiger partial charge in [0.05, 0.1) is 10.8 Å². The van der Waals surface area contributed by atoms with Crippen LogP contribution in [-0.2, 0) is 15.9 Å². The first-order valence-corrected chi connectivity index (χ1v) is 7.48. The Labute approximate surface area is 114 Å². The van der Waals surface area contributed by atoms with Crippen LogP contribution >= 0.6 is 11.6 Å². The lowest BCUT2D eigenvalue weighted by Crippen LogP contribution is -2.39. The standard InChI is InChI=1S/C10H14ClF3N2O2S/c1-2-3-16(7-10(12,13)14)19(17,18)9-4-8(5-11)15-6-9/h4,6,15H,2-3,5,7H2,1H3. The lowest BCUT2D eigenvalue weighted by molar-refractivity contribution is -0.136. The van der Waals surface area contributed by atoms with Gasteiger partial charge in [-0.15, -0.1) is 11.6 Å². The van der Waals surface area contributed by atoms with Crippen molar-refractivity contribution in [3.8, 4) is 0 Å². The maximum atomic E-state index is 12.4. The van der Waals surface area contributed by atoms with Crippen molar-refractivity contribution in [1.82, 2.24) is 9.29 Å². The molecule has 4 nitrogen and oxygen atoms in total. The average molecular weight is 319 g/mol. The van der Waals surface area contributed by atoms with Crippen molar-refractivity contribution < 1.29 is 21.6 Å². The fourth-order valence-corrected chi connectivity index (χ4v) is 3.22. The molecule has 0 amide bonds. The molecule has 1 aromatic heterocycles. The van der Waals surface area contributed by atoms with Crippen LogP contribution < -0.4 is 0 Å². The van der Waals surface area contributed by atoms with Crippen LogP contribution in [0.4, 0.5) is 13.2 Å². The molecule has 1 heterocycles. The molecule has 9 heteroatoms. The van der Waals surface area contributed by atoms with Crippen LogP contribution in [0, 0.1) is 0 Å². The molecule has 110 valence electrons. The fourth-order valence-electron chi connectivity index (χ4n) is 1.53. The highest BCUT2D eigenvalue weighted by molar-refractivity contribution is 7.89. The second-order valence-electron chi connectivity index (χ2n) is 3.95. The molecular formula is C10H14ClF3N2O2S. The summed E-state index contributed by atoms with van der Waals surface area (Å²) in [5.41, 5.74) is 0.434. The van der Waals surface area contributed by atoms with E-state index in [9.17, 15) is 21.6 Å². The molecule has 1 N–H and O–H groups in total. The Morgan fingerprint density at radius 1 is 1.42 bits per heavy atom. The molecule has 0 unspecified atom stereocenters. The lowest BCUT2D eigenvalue weighted by atomic mass is 10.5. The van der Waals surface area contributed by atoms with E-state index in [1.807, 2.05) is 0 Å². The van der Waals surface area contributed by atoms with Crippen LogP contribution in [0.25, 0.3) is 0 Å². The number of hydrogen-bond donors (Lipinski definition) is 1. The van der Waals surface area contributed by atoms with Gasteiger partial charge in [0.15, 0.2) is 0 Å². The van der Waals surface area contributed by atoms with Crippen molar-refractivity contribution in [2.24, 2.45) is 0 Å². The summed E-state index contributed by atoms with van der Waals surface area (Å²) in [5.74, 6) is 0.0581. The van der Waals surface area contributed by atoms with Gasteiger partial charge in [-0.2, -0.15) is 17.5 Å².